The van der Waals surface area contributed by atoms with Crippen molar-refractivity contribution >= 4 is 0 Å². The monoisotopic (exact) mass is 152 g/mol. The summed E-state index contributed by atoms with van der Waals surface area (Å²) in [5, 5.41) is 3.21. The van der Waals surface area contributed by atoms with Gasteiger partial charge in [-0.15, -0.1) is 0 Å². The third-order valence-corrected chi connectivity index (χ3v) is 2.17. The van der Waals surface area contributed by atoms with Gasteiger partial charge in [-0.05, 0) is 13.5 Å². The minimum absolute atomic E-state index is 0.419. The van der Waals surface area contributed by atoms with Crippen molar-refractivity contribution in [3.8, 4) is 0 Å². The van der Waals surface area contributed by atoms with Crippen molar-refractivity contribution in [2.45, 2.75) is 25.8 Å². The van der Waals surface area contributed by atoms with Crippen LogP contribution in [0.5, 0.6) is 0 Å². The maximum atomic E-state index is 5.41. The van der Waals surface area contributed by atoms with Gasteiger partial charge in [-0.25, -0.2) is 4.98 Å². The van der Waals surface area contributed by atoms with E-state index in [1.165, 1.54) is 0 Å². The molecule has 1 aromatic rings. The van der Waals surface area contributed by atoms with Crippen molar-refractivity contribution in [3.05, 3.63) is 17.3 Å². The van der Waals surface area contributed by atoms with Gasteiger partial charge in [0.15, 0.2) is 5.89 Å². The molecule has 1 unspecified atom stereocenters. The summed E-state index contributed by atoms with van der Waals surface area (Å²) >= 11 is 0. The van der Waals surface area contributed by atoms with E-state index in [-0.39, 0.29) is 0 Å². The Bertz CT molecular complexity index is 267. The largest absolute Gasteiger partial charge is 0.446 e. The van der Waals surface area contributed by atoms with Crippen LogP contribution in [0.15, 0.2) is 4.42 Å². The fourth-order valence-electron chi connectivity index (χ4n) is 1.63. The smallest absolute Gasteiger partial charge is 0.191 e. The zero-order valence-electron chi connectivity index (χ0n) is 6.85. The first-order valence-electron chi connectivity index (χ1n) is 3.94. The molecule has 2 rings (SSSR count). The molecule has 3 heteroatoms. The highest BCUT2D eigenvalue weighted by Gasteiger charge is 2.26. The average molecular weight is 152 g/mol. The molecule has 1 heterocycles. The fraction of sp³-hybridized carbons (Fsp3) is 0.625. The van der Waals surface area contributed by atoms with Crippen LogP contribution in [0.1, 0.15) is 29.8 Å². The van der Waals surface area contributed by atoms with Gasteiger partial charge in [-0.1, -0.05) is 0 Å². The maximum Gasteiger partial charge on any atom is 0.191 e. The fourth-order valence-corrected chi connectivity index (χ4v) is 1.63. The molecular weight excluding hydrogens is 140 g/mol. The first-order valence-corrected chi connectivity index (χ1v) is 3.94. The van der Waals surface area contributed by atoms with Gasteiger partial charge in [0, 0.05) is 13.3 Å². The van der Waals surface area contributed by atoms with Crippen molar-refractivity contribution in [2.75, 3.05) is 7.05 Å². The first kappa shape index (κ1) is 6.85. The molecule has 1 atom stereocenters. The van der Waals surface area contributed by atoms with Crippen LogP contribution in [0.3, 0.4) is 0 Å². The Hall–Kier alpha value is -0.830. The lowest BCUT2D eigenvalue weighted by Crippen LogP contribution is -2.13. The molecule has 0 radical (unpaired) electrons. The third-order valence-electron chi connectivity index (χ3n) is 2.17. The molecule has 0 aromatic carbocycles. The molecule has 1 N–H and O–H groups in total. The molecule has 0 amide bonds. The number of hydrogen-bond acceptors (Lipinski definition) is 3. The van der Waals surface area contributed by atoms with Gasteiger partial charge >= 0.3 is 0 Å². The second kappa shape index (κ2) is 2.34. The molecule has 0 saturated heterocycles. The topological polar surface area (TPSA) is 38.1 Å². The van der Waals surface area contributed by atoms with Crippen molar-refractivity contribution in [3.63, 3.8) is 0 Å². The Kier molecular flexibility index (Phi) is 1.46. The number of aryl methyl sites for hydroxylation is 2. The highest BCUT2D eigenvalue weighted by Crippen LogP contribution is 2.30. The molecular formula is C8H12N2O. The highest BCUT2D eigenvalue weighted by molar-refractivity contribution is 5.20. The van der Waals surface area contributed by atoms with Gasteiger partial charge < -0.3 is 9.73 Å². The molecule has 60 valence electrons. The number of rotatable bonds is 1. The molecule has 1 aliphatic carbocycles. The minimum atomic E-state index is 0.419. The van der Waals surface area contributed by atoms with Gasteiger partial charge in [0.05, 0.1) is 11.7 Å². The van der Waals surface area contributed by atoms with Crippen LogP contribution in [-0.4, -0.2) is 12.0 Å². The van der Waals surface area contributed by atoms with E-state index in [4.69, 9.17) is 4.42 Å². The number of oxazole rings is 1. The molecule has 3 nitrogen and oxygen atoms in total. The van der Waals surface area contributed by atoms with E-state index < -0.39 is 0 Å². The summed E-state index contributed by atoms with van der Waals surface area (Å²) in [5.41, 5.74) is 1.12. The summed E-state index contributed by atoms with van der Waals surface area (Å²) in [5.74, 6) is 1.86. The van der Waals surface area contributed by atoms with E-state index in [9.17, 15) is 0 Å². The van der Waals surface area contributed by atoms with Crippen molar-refractivity contribution in [1.82, 2.24) is 10.3 Å². The van der Waals surface area contributed by atoms with Crippen LogP contribution in [-0.2, 0) is 6.42 Å². The summed E-state index contributed by atoms with van der Waals surface area (Å²) in [6.45, 7) is 1.89. The Morgan fingerprint density at radius 2 is 2.45 bits per heavy atom. The van der Waals surface area contributed by atoms with Gasteiger partial charge in [-0.2, -0.15) is 0 Å². The molecule has 0 saturated carbocycles. The maximum absolute atomic E-state index is 5.41. The Balaban J connectivity index is 2.37. The van der Waals surface area contributed by atoms with E-state index in [1.54, 1.807) is 0 Å². The second-order valence-electron chi connectivity index (χ2n) is 2.92. The Morgan fingerprint density at radius 3 is 3.18 bits per heavy atom. The number of nitrogens with zero attached hydrogens (tertiary/aromatic N) is 1. The zero-order valence-corrected chi connectivity index (χ0v) is 6.85. The first-order chi connectivity index (χ1) is 5.31. The minimum Gasteiger partial charge on any atom is -0.446 e. The van der Waals surface area contributed by atoms with Gasteiger partial charge in [0.2, 0.25) is 0 Å². The average Bonchev–Trinajstić information content (AvgIpc) is 2.45. The van der Waals surface area contributed by atoms with E-state index >= 15 is 0 Å². The molecule has 1 aliphatic rings. The molecule has 0 aliphatic heterocycles. The van der Waals surface area contributed by atoms with Crippen LogP contribution in [0.2, 0.25) is 0 Å². The quantitative estimate of drug-likeness (QED) is 0.656. The van der Waals surface area contributed by atoms with Crippen LogP contribution >= 0.6 is 0 Å². The van der Waals surface area contributed by atoms with Crippen molar-refractivity contribution in [1.29, 1.82) is 0 Å². The highest BCUT2D eigenvalue weighted by atomic mass is 16.4. The van der Waals surface area contributed by atoms with Crippen LogP contribution in [0, 0.1) is 6.92 Å². The van der Waals surface area contributed by atoms with Gasteiger partial charge in [0.1, 0.15) is 5.76 Å². The number of fused-ring (bicyclic) bond motifs is 1. The summed E-state index contributed by atoms with van der Waals surface area (Å²) in [4.78, 5) is 4.31. The van der Waals surface area contributed by atoms with E-state index in [0.29, 0.717) is 6.04 Å². The SMILES string of the molecule is CNC1CCc2oc(C)nc21. The summed E-state index contributed by atoms with van der Waals surface area (Å²) in [6, 6.07) is 0.419. The molecule has 0 spiro atoms. The summed E-state index contributed by atoms with van der Waals surface area (Å²) in [7, 11) is 1.96. The zero-order chi connectivity index (χ0) is 7.84. The van der Waals surface area contributed by atoms with Crippen molar-refractivity contribution < 1.29 is 4.42 Å². The molecule has 0 fully saturated rings. The lowest BCUT2D eigenvalue weighted by molar-refractivity contribution is 0.471. The molecule has 0 bridgehead atoms. The predicted octanol–water partition coefficient (Wildman–Crippen LogP) is 1.19. The lowest BCUT2D eigenvalue weighted by Gasteiger charge is -2.04. The number of aromatic nitrogens is 1. The van der Waals surface area contributed by atoms with Crippen molar-refractivity contribution in [2.24, 2.45) is 0 Å². The molecule has 1 aromatic heterocycles. The van der Waals surface area contributed by atoms with Gasteiger partial charge in [-0.3, -0.25) is 0 Å². The van der Waals surface area contributed by atoms with Crippen LogP contribution < -0.4 is 5.32 Å². The number of nitrogens with one attached hydrogen (secondary N) is 1. The standard InChI is InChI=1S/C8H12N2O/c1-5-10-8-6(9-2)3-4-7(8)11-5/h6,9H,3-4H2,1-2H3. The summed E-state index contributed by atoms with van der Waals surface area (Å²) < 4.78 is 5.41. The second-order valence-corrected chi connectivity index (χ2v) is 2.92. The van der Waals surface area contributed by atoms with Crippen LogP contribution in [0.25, 0.3) is 0 Å². The third kappa shape index (κ3) is 0.959. The lowest BCUT2D eigenvalue weighted by atomic mass is 10.2. The van der Waals surface area contributed by atoms with E-state index in [2.05, 4.69) is 10.3 Å². The van der Waals surface area contributed by atoms with E-state index in [0.717, 1.165) is 30.2 Å². The Labute approximate surface area is 65.8 Å². The van der Waals surface area contributed by atoms with Crippen LogP contribution in [0.4, 0.5) is 0 Å². The predicted molar refractivity (Wildman–Crippen MR) is 41.4 cm³/mol. The normalized spacial score (nSPS) is 22.2. The molecule has 11 heavy (non-hydrogen) atoms. The Morgan fingerprint density at radius 1 is 1.64 bits per heavy atom. The van der Waals surface area contributed by atoms with Gasteiger partial charge in [0.25, 0.3) is 0 Å². The van der Waals surface area contributed by atoms with E-state index in [1.807, 2.05) is 14.0 Å². The summed E-state index contributed by atoms with van der Waals surface area (Å²) in [6.07, 6.45) is 2.15. The number of hydrogen-bond donors (Lipinski definition) is 1.